The highest BCUT2D eigenvalue weighted by Crippen LogP contribution is 2.20. The zero-order valence-corrected chi connectivity index (χ0v) is 11.0. The van der Waals surface area contributed by atoms with Gasteiger partial charge in [0.2, 0.25) is 0 Å². The van der Waals surface area contributed by atoms with E-state index in [0.717, 1.165) is 0 Å². The first-order chi connectivity index (χ1) is 8.54. The number of nitrogens with zero attached hydrogens (tertiary/aromatic N) is 3. The number of para-hydroxylation sites is 1. The molecule has 0 fully saturated rings. The fourth-order valence-electron chi connectivity index (χ4n) is 1.52. The van der Waals surface area contributed by atoms with E-state index in [1.54, 1.807) is 24.3 Å². The topological polar surface area (TPSA) is 74.1 Å². The monoisotopic (exact) mass is 287 g/mol. The molecule has 0 bridgehead atoms. The van der Waals surface area contributed by atoms with Crippen molar-refractivity contribution in [3.05, 3.63) is 36.2 Å². The van der Waals surface area contributed by atoms with Gasteiger partial charge in [-0.3, -0.25) is 4.57 Å². The fourth-order valence-corrected chi connectivity index (χ4v) is 2.38. The van der Waals surface area contributed by atoms with Crippen molar-refractivity contribution in [2.24, 2.45) is 0 Å². The molecule has 0 aliphatic rings. The summed E-state index contributed by atoms with van der Waals surface area (Å²) < 4.78 is 29.2. The SMILES string of the molecule is COCc1nnc(S(=O)(=O)Cl)n1-c1ccccc1. The number of benzene rings is 1. The molecular weight excluding hydrogens is 278 g/mol. The summed E-state index contributed by atoms with van der Waals surface area (Å²) in [4.78, 5) is 0. The summed E-state index contributed by atoms with van der Waals surface area (Å²) in [5.74, 6) is 0.364. The minimum atomic E-state index is -3.97. The van der Waals surface area contributed by atoms with Crippen molar-refractivity contribution < 1.29 is 13.2 Å². The molecule has 0 N–H and O–H groups in total. The van der Waals surface area contributed by atoms with Gasteiger partial charge < -0.3 is 4.74 Å². The number of methoxy groups -OCH3 is 1. The van der Waals surface area contributed by atoms with E-state index in [4.69, 9.17) is 15.4 Å². The van der Waals surface area contributed by atoms with Gasteiger partial charge in [-0.15, -0.1) is 10.2 Å². The maximum absolute atomic E-state index is 11.4. The van der Waals surface area contributed by atoms with Crippen molar-refractivity contribution in [3.63, 3.8) is 0 Å². The Kier molecular flexibility index (Phi) is 3.65. The molecule has 0 aliphatic carbocycles. The van der Waals surface area contributed by atoms with E-state index in [-0.39, 0.29) is 11.8 Å². The van der Waals surface area contributed by atoms with Crippen LogP contribution in [0.25, 0.3) is 5.69 Å². The third-order valence-electron chi connectivity index (χ3n) is 2.21. The van der Waals surface area contributed by atoms with E-state index < -0.39 is 9.05 Å². The lowest BCUT2D eigenvalue weighted by Gasteiger charge is -2.07. The van der Waals surface area contributed by atoms with Gasteiger partial charge in [-0.25, -0.2) is 8.42 Å². The molecule has 8 heteroatoms. The van der Waals surface area contributed by atoms with Crippen molar-refractivity contribution in [1.29, 1.82) is 0 Å². The second-order valence-electron chi connectivity index (χ2n) is 3.44. The average molecular weight is 288 g/mol. The highest BCUT2D eigenvalue weighted by Gasteiger charge is 2.23. The van der Waals surface area contributed by atoms with E-state index in [0.29, 0.717) is 11.5 Å². The van der Waals surface area contributed by atoms with E-state index in [1.165, 1.54) is 11.7 Å². The van der Waals surface area contributed by atoms with Crippen LogP contribution in [0.3, 0.4) is 0 Å². The van der Waals surface area contributed by atoms with Crippen LogP contribution >= 0.6 is 10.7 Å². The first kappa shape index (κ1) is 13.0. The number of rotatable bonds is 4. The second kappa shape index (κ2) is 5.05. The van der Waals surface area contributed by atoms with Crippen molar-refractivity contribution >= 4 is 19.7 Å². The lowest BCUT2D eigenvalue weighted by molar-refractivity contribution is 0.176. The quantitative estimate of drug-likeness (QED) is 0.793. The van der Waals surface area contributed by atoms with Gasteiger partial charge in [0.1, 0.15) is 6.61 Å². The van der Waals surface area contributed by atoms with Crippen molar-refractivity contribution in [3.8, 4) is 5.69 Å². The maximum atomic E-state index is 11.4. The van der Waals surface area contributed by atoms with Crippen molar-refractivity contribution in [2.45, 2.75) is 11.8 Å². The predicted octanol–water partition coefficient (Wildman–Crippen LogP) is 1.34. The molecule has 1 heterocycles. The largest absolute Gasteiger partial charge is 0.377 e. The Bertz CT molecular complexity index is 640. The van der Waals surface area contributed by atoms with Crippen molar-refractivity contribution in [1.82, 2.24) is 14.8 Å². The van der Waals surface area contributed by atoms with Crippen LogP contribution in [-0.4, -0.2) is 30.3 Å². The maximum Gasteiger partial charge on any atom is 0.297 e. The summed E-state index contributed by atoms with van der Waals surface area (Å²) in [6.07, 6.45) is 0. The number of aromatic nitrogens is 3. The van der Waals surface area contributed by atoms with Crippen LogP contribution < -0.4 is 0 Å². The van der Waals surface area contributed by atoms with Crippen molar-refractivity contribution in [2.75, 3.05) is 7.11 Å². The van der Waals surface area contributed by atoms with E-state index in [1.807, 2.05) is 6.07 Å². The van der Waals surface area contributed by atoms with Crippen LogP contribution in [0.5, 0.6) is 0 Å². The average Bonchev–Trinajstić information content (AvgIpc) is 2.74. The molecular formula is C10H10ClN3O3S. The standard InChI is InChI=1S/C10H10ClN3O3S/c1-17-7-9-12-13-10(18(11,15)16)14(9)8-5-3-2-4-6-8/h2-6H,7H2,1H3. The lowest BCUT2D eigenvalue weighted by atomic mass is 10.3. The van der Waals surface area contributed by atoms with Crippen LogP contribution in [0.4, 0.5) is 0 Å². The van der Waals surface area contributed by atoms with Gasteiger partial charge >= 0.3 is 0 Å². The van der Waals surface area contributed by atoms with Gasteiger partial charge in [0.25, 0.3) is 14.2 Å². The summed E-state index contributed by atoms with van der Waals surface area (Å²) in [6, 6.07) is 8.83. The molecule has 2 aromatic rings. The summed E-state index contributed by atoms with van der Waals surface area (Å²) in [5, 5.41) is 7.05. The van der Waals surface area contributed by atoms with Gasteiger partial charge in [-0.05, 0) is 12.1 Å². The molecule has 1 aromatic carbocycles. The summed E-state index contributed by atoms with van der Waals surface area (Å²) >= 11 is 0. The van der Waals surface area contributed by atoms with Gasteiger partial charge in [0.05, 0.1) is 0 Å². The highest BCUT2D eigenvalue weighted by atomic mass is 35.7. The zero-order valence-electron chi connectivity index (χ0n) is 9.45. The Labute approximate surface area is 109 Å². The Morgan fingerprint density at radius 1 is 1.28 bits per heavy atom. The molecule has 0 atom stereocenters. The van der Waals surface area contributed by atoms with E-state index in [2.05, 4.69) is 10.2 Å². The summed E-state index contributed by atoms with van der Waals surface area (Å²) in [6.45, 7) is 0.133. The summed E-state index contributed by atoms with van der Waals surface area (Å²) in [7, 11) is 2.85. The smallest absolute Gasteiger partial charge is 0.297 e. The number of halogens is 1. The van der Waals surface area contributed by atoms with Gasteiger partial charge in [0.15, 0.2) is 5.82 Å². The van der Waals surface area contributed by atoms with Crippen LogP contribution in [0.2, 0.25) is 0 Å². The second-order valence-corrected chi connectivity index (χ2v) is 5.90. The summed E-state index contributed by atoms with van der Waals surface area (Å²) in [5.41, 5.74) is 0.605. The molecule has 0 radical (unpaired) electrons. The number of hydrogen-bond donors (Lipinski definition) is 0. The first-order valence-corrected chi connectivity index (χ1v) is 7.28. The lowest BCUT2D eigenvalue weighted by Crippen LogP contribution is -2.08. The Morgan fingerprint density at radius 3 is 2.50 bits per heavy atom. The first-order valence-electron chi connectivity index (χ1n) is 4.97. The third-order valence-corrected chi connectivity index (χ3v) is 3.32. The van der Waals surface area contributed by atoms with Gasteiger partial charge in [-0.2, -0.15) is 0 Å². The fraction of sp³-hybridized carbons (Fsp3) is 0.200. The zero-order chi connectivity index (χ0) is 13.2. The molecule has 0 amide bonds. The third kappa shape index (κ3) is 2.53. The molecule has 96 valence electrons. The molecule has 18 heavy (non-hydrogen) atoms. The van der Waals surface area contributed by atoms with Crippen LogP contribution in [0.1, 0.15) is 5.82 Å². The Morgan fingerprint density at radius 2 is 1.94 bits per heavy atom. The molecule has 0 saturated heterocycles. The van der Waals surface area contributed by atoms with Gasteiger partial charge in [-0.1, -0.05) is 18.2 Å². The minimum Gasteiger partial charge on any atom is -0.377 e. The predicted molar refractivity (Wildman–Crippen MR) is 65.1 cm³/mol. The molecule has 0 unspecified atom stereocenters. The normalized spacial score (nSPS) is 11.7. The Hall–Kier alpha value is -1.44. The number of hydrogen-bond acceptors (Lipinski definition) is 5. The molecule has 0 spiro atoms. The molecule has 0 saturated carbocycles. The van der Waals surface area contributed by atoms with E-state index >= 15 is 0 Å². The molecule has 6 nitrogen and oxygen atoms in total. The van der Waals surface area contributed by atoms with Crippen LogP contribution in [-0.2, 0) is 20.4 Å². The Balaban J connectivity index is 2.65. The minimum absolute atomic E-state index is 0.133. The highest BCUT2D eigenvalue weighted by molar-refractivity contribution is 8.13. The van der Waals surface area contributed by atoms with E-state index in [9.17, 15) is 8.42 Å². The molecule has 0 aliphatic heterocycles. The van der Waals surface area contributed by atoms with Crippen LogP contribution in [0.15, 0.2) is 35.5 Å². The van der Waals surface area contributed by atoms with Gasteiger partial charge in [0, 0.05) is 23.5 Å². The molecule has 1 aromatic heterocycles. The number of ether oxygens (including phenoxy) is 1. The van der Waals surface area contributed by atoms with Crippen LogP contribution in [0, 0.1) is 0 Å². The molecule has 2 rings (SSSR count).